The van der Waals surface area contributed by atoms with Gasteiger partial charge in [0.05, 0.1) is 35.5 Å². The Labute approximate surface area is 147 Å². The van der Waals surface area contributed by atoms with Gasteiger partial charge in [0.1, 0.15) is 11.5 Å². The highest BCUT2D eigenvalue weighted by Crippen LogP contribution is 2.36. The van der Waals surface area contributed by atoms with Gasteiger partial charge in [-0.2, -0.15) is 5.10 Å². The van der Waals surface area contributed by atoms with Gasteiger partial charge >= 0.3 is 0 Å². The average Bonchev–Trinajstić information content (AvgIpc) is 3.26. The molecule has 2 N–H and O–H groups in total. The highest BCUT2D eigenvalue weighted by Gasteiger charge is 2.16. The van der Waals surface area contributed by atoms with Crippen molar-refractivity contribution in [3.05, 3.63) is 46.4 Å². The molecule has 124 valence electrons. The molecule has 8 heteroatoms. The van der Waals surface area contributed by atoms with Gasteiger partial charge in [-0.05, 0) is 23.6 Å². The maximum absolute atomic E-state index is 12.4. The van der Waals surface area contributed by atoms with E-state index in [2.05, 4.69) is 15.5 Å². The number of aromatic amines is 1. The normalized spacial score (nSPS) is 10.5. The Bertz CT molecular complexity index is 862. The molecule has 0 atom stereocenters. The van der Waals surface area contributed by atoms with E-state index in [1.54, 1.807) is 29.5 Å². The number of anilines is 1. The first-order chi connectivity index (χ1) is 11.6. The Morgan fingerprint density at radius 3 is 2.71 bits per heavy atom. The van der Waals surface area contributed by atoms with Crippen LogP contribution in [0, 0.1) is 0 Å². The van der Waals surface area contributed by atoms with Crippen molar-refractivity contribution in [2.45, 2.75) is 0 Å². The number of thiophene rings is 1. The van der Waals surface area contributed by atoms with Gasteiger partial charge in [0.2, 0.25) is 0 Å². The van der Waals surface area contributed by atoms with Crippen LogP contribution in [0.15, 0.2) is 35.7 Å². The van der Waals surface area contributed by atoms with E-state index in [-0.39, 0.29) is 11.6 Å². The van der Waals surface area contributed by atoms with Crippen LogP contribution in [0.2, 0.25) is 5.02 Å². The van der Waals surface area contributed by atoms with Crippen molar-refractivity contribution in [2.75, 3.05) is 19.5 Å². The minimum absolute atomic E-state index is 0.271. The minimum Gasteiger partial charge on any atom is -0.495 e. The summed E-state index contributed by atoms with van der Waals surface area (Å²) in [4.78, 5) is 13.4. The van der Waals surface area contributed by atoms with Crippen LogP contribution in [-0.2, 0) is 0 Å². The molecule has 0 saturated heterocycles. The van der Waals surface area contributed by atoms with Crippen LogP contribution in [-0.4, -0.2) is 30.3 Å². The zero-order valence-corrected chi connectivity index (χ0v) is 14.5. The van der Waals surface area contributed by atoms with Crippen LogP contribution >= 0.6 is 22.9 Å². The Balaban J connectivity index is 1.83. The van der Waals surface area contributed by atoms with Crippen molar-refractivity contribution in [1.82, 2.24) is 10.2 Å². The molecular formula is C16H14ClN3O3S. The monoisotopic (exact) mass is 363 g/mol. The van der Waals surface area contributed by atoms with E-state index in [4.69, 9.17) is 21.1 Å². The van der Waals surface area contributed by atoms with E-state index in [9.17, 15) is 4.79 Å². The van der Waals surface area contributed by atoms with Gasteiger partial charge in [-0.1, -0.05) is 17.7 Å². The zero-order chi connectivity index (χ0) is 17.1. The van der Waals surface area contributed by atoms with Crippen molar-refractivity contribution in [3.8, 4) is 22.1 Å². The van der Waals surface area contributed by atoms with E-state index in [1.807, 2.05) is 17.5 Å². The fourth-order valence-corrected chi connectivity index (χ4v) is 3.07. The summed E-state index contributed by atoms with van der Waals surface area (Å²) in [5, 5.41) is 12.0. The number of aromatic nitrogens is 2. The first-order valence-corrected chi connectivity index (χ1v) is 8.20. The average molecular weight is 364 g/mol. The van der Waals surface area contributed by atoms with E-state index < -0.39 is 0 Å². The summed E-state index contributed by atoms with van der Waals surface area (Å²) < 4.78 is 10.4. The van der Waals surface area contributed by atoms with Crippen LogP contribution in [0.4, 0.5) is 5.69 Å². The lowest BCUT2D eigenvalue weighted by Crippen LogP contribution is -2.13. The van der Waals surface area contributed by atoms with E-state index in [0.717, 1.165) is 10.6 Å². The molecule has 1 aromatic carbocycles. The number of hydrogen-bond donors (Lipinski definition) is 2. The number of ether oxygens (including phenoxy) is 2. The second-order valence-electron chi connectivity index (χ2n) is 4.79. The fraction of sp³-hybridized carbons (Fsp3) is 0.125. The number of carbonyl (C=O) groups excluding carboxylic acids is 1. The topological polar surface area (TPSA) is 76.2 Å². The predicted molar refractivity (Wildman–Crippen MR) is 94.4 cm³/mol. The van der Waals surface area contributed by atoms with E-state index >= 15 is 0 Å². The summed E-state index contributed by atoms with van der Waals surface area (Å²) in [6.07, 6.45) is 0. The third-order valence-corrected chi connectivity index (χ3v) is 4.52. The number of halogens is 1. The number of hydrogen-bond acceptors (Lipinski definition) is 5. The number of nitrogens with one attached hydrogen (secondary N) is 2. The van der Waals surface area contributed by atoms with Crippen LogP contribution in [0.5, 0.6) is 11.5 Å². The van der Waals surface area contributed by atoms with Gasteiger partial charge in [0.25, 0.3) is 5.91 Å². The highest BCUT2D eigenvalue weighted by molar-refractivity contribution is 7.13. The highest BCUT2D eigenvalue weighted by atomic mass is 35.5. The number of rotatable bonds is 5. The van der Waals surface area contributed by atoms with Crippen molar-refractivity contribution in [2.24, 2.45) is 0 Å². The lowest BCUT2D eigenvalue weighted by molar-refractivity contribution is 0.102. The van der Waals surface area contributed by atoms with Crippen molar-refractivity contribution >= 4 is 34.5 Å². The molecule has 24 heavy (non-hydrogen) atoms. The molecule has 1 amide bonds. The molecule has 3 aromatic rings. The molecule has 0 spiro atoms. The fourth-order valence-electron chi connectivity index (χ4n) is 2.14. The summed E-state index contributed by atoms with van der Waals surface area (Å²) in [7, 11) is 3.01. The number of methoxy groups -OCH3 is 2. The molecule has 0 unspecified atom stereocenters. The summed E-state index contributed by atoms with van der Waals surface area (Å²) >= 11 is 7.67. The van der Waals surface area contributed by atoms with Gasteiger partial charge in [-0.25, -0.2) is 0 Å². The smallest absolute Gasteiger partial charge is 0.276 e. The first kappa shape index (κ1) is 16.4. The molecule has 0 aliphatic heterocycles. The second-order valence-corrected chi connectivity index (χ2v) is 6.14. The molecule has 0 aliphatic carbocycles. The quantitative estimate of drug-likeness (QED) is 0.716. The maximum atomic E-state index is 12.4. The maximum Gasteiger partial charge on any atom is 0.276 e. The third kappa shape index (κ3) is 3.22. The largest absolute Gasteiger partial charge is 0.495 e. The first-order valence-electron chi connectivity index (χ1n) is 6.94. The van der Waals surface area contributed by atoms with Gasteiger partial charge in [0, 0.05) is 6.07 Å². The predicted octanol–water partition coefficient (Wildman–Crippen LogP) is 4.06. The van der Waals surface area contributed by atoms with Crippen molar-refractivity contribution in [1.29, 1.82) is 0 Å². The minimum atomic E-state index is -0.367. The molecule has 6 nitrogen and oxygen atoms in total. The summed E-state index contributed by atoms with van der Waals surface area (Å²) in [6.45, 7) is 0. The number of H-pyrrole nitrogens is 1. The number of nitrogens with zero attached hydrogens (tertiary/aromatic N) is 1. The molecular weight excluding hydrogens is 350 g/mol. The van der Waals surface area contributed by atoms with Gasteiger partial charge in [-0.3, -0.25) is 9.89 Å². The second kappa shape index (κ2) is 6.94. The van der Waals surface area contributed by atoms with Crippen LogP contribution in [0.25, 0.3) is 10.6 Å². The van der Waals surface area contributed by atoms with E-state index in [1.165, 1.54) is 14.2 Å². The zero-order valence-electron chi connectivity index (χ0n) is 12.9. The SMILES string of the molecule is COc1cc(OC)c(NC(=O)c2cc(-c3cccs3)[nH]n2)cc1Cl. The summed E-state index contributed by atoms with van der Waals surface area (Å²) in [6, 6.07) is 8.76. The Hall–Kier alpha value is -2.51. The Morgan fingerprint density at radius 1 is 1.25 bits per heavy atom. The van der Waals surface area contributed by atoms with Crippen LogP contribution < -0.4 is 14.8 Å². The molecule has 0 bridgehead atoms. The molecule has 0 saturated carbocycles. The van der Waals surface area contributed by atoms with Crippen molar-refractivity contribution < 1.29 is 14.3 Å². The van der Waals surface area contributed by atoms with Gasteiger partial charge < -0.3 is 14.8 Å². The van der Waals surface area contributed by atoms with Gasteiger partial charge in [0.15, 0.2) is 5.69 Å². The van der Waals surface area contributed by atoms with Crippen LogP contribution in [0.3, 0.4) is 0 Å². The standard InChI is InChI=1S/C16H14ClN3O3S/c1-22-13-8-14(23-2)10(6-9(13)17)18-16(21)12-7-11(19-20-12)15-4-3-5-24-15/h3-8H,1-2H3,(H,18,21)(H,19,20). The molecule has 2 heterocycles. The summed E-state index contributed by atoms with van der Waals surface area (Å²) in [5.74, 6) is 0.540. The molecule has 0 aliphatic rings. The summed E-state index contributed by atoms with van der Waals surface area (Å²) in [5.41, 5.74) is 1.50. The Morgan fingerprint density at radius 2 is 2.04 bits per heavy atom. The van der Waals surface area contributed by atoms with Gasteiger partial charge in [-0.15, -0.1) is 11.3 Å². The number of carbonyl (C=O) groups is 1. The van der Waals surface area contributed by atoms with E-state index in [0.29, 0.717) is 22.2 Å². The molecule has 0 fully saturated rings. The third-order valence-electron chi connectivity index (χ3n) is 3.32. The van der Waals surface area contributed by atoms with Crippen LogP contribution in [0.1, 0.15) is 10.5 Å². The molecule has 3 rings (SSSR count). The van der Waals surface area contributed by atoms with Crippen molar-refractivity contribution in [3.63, 3.8) is 0 Å². The molecule has 0 radical (unpaired) electrons. The molecule has 2 aromatic heterocycles. The number of benzene rings is 1. The lowest BCUT2D eigenvalue weighted by atomic mass is 10.2. The lowest BCUT2D eigenvalue weighted by Gasteiger charge is -2.12. The number of amides is 1. The Kier molecular flexibility index (Phi) is 4.73.